The molecular formula is C23H37N3O4+2. The molecule has 0 spiro atoms. The highest BCUT2D eigenvalue weighted by molar-refractivity contribution is 5.77. The lowest BCUT2D eigenvalue weighted by atomic mass is 9.96. The second-order valence-electron chi connectivity index (χ2n) is 8.47. The van der Waals surface area contributed by atoms with Crippen molar-refractivity contribution in [3.63, 3.8) is 0 Å². The van der Waals surface area contributed by atoms with Gasteiger partial charge in [-0.15, -0.1) is 0 Å². The van der Waals surface area contributed by atoms with Crippen LogP contribution in [0.5, 0.6) is 0 Å². The van der Waals surface area contributed by atoms with Gasteiger partial charge in [0.2, 0.25) is 0 Å². The molecule has 2 aliphatic heterocycles. The van der Waals surface area contributed by atoms with Crippen LogP contribution in [0.2, 0.25) is 0 Å². The number of likely N-dealkylation sites (tertiary alicyclic amines) is 1. The van der Waals surface area contributed by atoms with E-state index in [1.54, 1.807) is 0 Å². The Kier molecular flexibility index (Phi) is 8.66. The van der Waals surface area contributed by atoms with Gasteiger partial charge < -0.3 is 24.6 Å². The Morgan fingerprint density at radius 1 is 1.13 bits per heavy atom. The Balaban J connectivity index is 1.53. The Morgan fingerprint density at radius 3 is 2.43 bits per heavy atom. The summed E-state index contributed by atoms with van der Waals surface area (Å²) in [6.07, 6.45) is 1.59. The minimum absolute atomic E-state index is 0.0110. The van der Waals surface area contributed by atoms with Crippen LogP contribution in [0.15, 0.2) is 30.3 Å². The summed E-state index contributed by atoms with van der Waals surface area (Å²) in [6.45, 7) is 9.94. The number of benzene rings is 1. The van der Waals surface area contributed by atoms with Crippen molar-refractivity contribution in [2.45, 2.75) is 38.8 Å². The lowest BCUT2D eigenvalue weighted by molar-refractivity contribution is -0.940. The summed E-state index contributed by atoms with van der Waals surface area (Å²) in [5.41, 5.74) is 1.25. The Morgan fingerprint density at radius 2 is 1.80 bits per heavy atom. The fourth-order valence-electron chi connectivity index (χ4n) is 4.80. The van der Waals surface area contributed by atoms with E-state index < -0.39 is 0 Å². The maximum atomic E-state index is 12.8. The molecule has 1 amide bonds. The van der Waals surface area contributed by atoms with Crippen molar-refractivity contribution in [1.29, 1.82) is 0 Å². The van der Waals surface area contributed by atoms with E-state index in [1.165, 1.54) is 15.4 Å². The second-order valence-corrected chi connectivity index (χ2v) is 8.47. The topological polar surface area (TPSA) is 73.5 Å². The average Bonchev–Trinajstić information content (AvgIpc) is 2.76. The van der Waals surface area contributed by atoms with Crippen LogP contribution in [0.4, 0.5) is 0 Å². The maximum absolute atomic E-state index is 12.8. The van der Waals surface area contributed by atoms with Crippen LogP contribution in [-0.4, -0.2) is 70.5 Å². The minimum Gasteiger partial charge on any atom is -0.466 e. The van der Waals surface area contributed by atoms with Crippen LogP contribution < -0.4 is 15.1 Å². The lowest BCUT2D eigenvalue weighted by Gasteiger charge is -2.35. The maximum Gasteiger partial charge on any atom is 0.309 e. The molecule has 0 aromatic heterocycles. The molecular weight excluding hydrogens is 382 g/mol. The molecule has 3 rings (SSSR count). The number of quaternary nitrogens is 2. The number of nitrogens with one attached hydrogen (secondary N) is 3. The molecule has 0 radical (unpaired) electrons. The van der Waals surface area contributed by atoms with Crippen molar-refractivity contribution < 1.29 is 28.9 Å². The lowest BCUT2D eigenvalue weighted by Crippen LogP contribution is -3.16. The number of rotatable bonds is 8. The standard InChI is InChI=1S/C23H35N3O4/c1-3-30-23(28)20-9-11-25(12-10-20)17-21(27)24-18(2)22(19-7-5-4-6-8-19)26-13-15-29-16-14-26/h4-8,18,20,22H,3,9-17H2,1-2H3,(H,24,27)/p+2/t18-,22-/m0/s1. The first kappa shape index (κ1) is 22.7. The highest BCUT2D eigenvalue weighted by atomic mass is 16.5. The number of piperidine rings is 1. The van der Waals surface area contributed by atoms with Gasteiger partial charge in [-0.05, 0) is 13.8 Å². The molecule has 0 aliphatic carbocycles. The predicted octanol–water partition coefficient (Wildman–Crippen LogP) is -0.994. The van der Waals surface area contributed by atoms with Crippen molar-refractivity contribution in [3.05, 3.63) is 35.9 Å². The summed E-state index contributed by atoms with van der Waals surface area (Å²) in [4.78, 5) is 27.4. The number of esters is 1. The van der Waals surface area contributed by atoms with Gasteiger partial charge in [-0.1, -0.05) is 30.3 Å². The van der Waals surface area contributed by atoms with Crippen molar-refractivity contribution in [3.8, 4) is 0 Å². The average molecular weight is 420 g/mol. The van der Waals surface area contributed by atoms with Crippen molar-refractivity contribution >= 4 is 11.9 Å². The van der Waals surface area contributed by atoms with E-state index in [9.17, 15) is 9.59 Å². The molecule has 0 bridgehead atoms. The first-order chi connectivity index (χ1) is 14.6. The van der Waals surface area contributed by atoms with Crippen LogP contribution in [0.1, 0.15) is 38.3 Å². The van der Waals surface area contributed by atoms with Gasteiger partial charge in [-0.2, -0.15) is 0 Å². The van der Waals surface area contributed by atoms with Crippen LogP contribution in [0.25, 0.3) is 0 Å². The van der Waals surface area contributed by atoms with E-state index in [-0.39, 0.29) is 29.9 Å². The molecule has 7 heteroatoms. The highest BCUT2D eigenvalue weighted by Gasteiger charge is 2.34. The van der Waals surface area contributed by atoms with E-state index in [0.29, 0.717) is 13.2 Å². The minimum atomic E-state index is -0.0891. The Hall–Kier alpha value is -1.96. The van der Waals surface area contributed by atoms with Gasteiger partial charge >= 0.3 is 5.97 Å². The van der Waals surface area contributed by atoms with E-state index in [0.717, 1.165) is 52.2 Å². The van der Waals surface area contributed by atoms with Gasteiger partial charge in [0, 0.05) is 18.4 Å². The SMILES string of the molecule is CCOC(=O)C1CC[NH+](CC(=O)N[C@@H](C)[C@@H](c2ccccc2)[NH+]2CCOCC2)CC1. The van der Waals surface area contributed by atoms with Crippen LogP contribution in [0.3, 0.4) is 0 Å². The Bertz CT molecular complexity index is 670. The molecule has 2 heterocycles. The highest BCUT2D eigenvalue weighted by Crippen LogP contribution is 2.14. The molecule has 2 atom stereocenters. The first-order valence-corrected chi connectivity index (χ1v) is 11.3. The number of morpholine rings is 1. The van der Waals surface area contributed by atoms with E-state index in [4.69, 9.17) is 9.47 Å². The second kappa shape index (κ2) is 11.4. The largest absolute Gasteiger partial charge is 0.466 e. The van der Waals surface area contributed by atoms with Gasteiger partial charge in [0.25, 0.3) is 5.91 Å². The molecule has 30 heavy (non-hydrogen) atoms. The number of ether oxygens (including phenoxy) is 2. The molecule has 3 N–H and O–H groups in total. The summed E-state index contributed by atoms with van der Waals surface area (Å²) in [5.74, 6) is -0.0162. The molecule has 1 aromatic carbocycles. The third kappa shape index (κ3) is 6.27. The summed E-state index contributed by atoms with van der Waals surface area (Å²) < 4.78 is 10.7. The third-order valence-corrected chi connectivity index (χ3v) is 6.35. The molecule has 166 valence electrons. The van der Waals surface area contributed by atoms with Gasteiger partial charge in [0.1, 0.15) is 19.1 Å². The van der Waals surface area contributed by atoms with Crippen LogP contribution in [0, 0.1) is 5.92 Å². The smallest absolute Gasteiger partial charge is 0.309 e. The molecule has 2 aliphatic rings. The van der Waals surface area contributed by atoms with Crippen LogP contribution >= 0.6 is 0 Å². The fourth-order valence-corrected chi connectivity index (χ4v) is 4.80. The van der Waals surface area contributed by atoms with Crippen molar-refractivity contribution in [2.24, 2.45) is 5.92 Å². The molecule has 2 fully saturated rings. The summed E-state index contributed by atoms with van der Waals surface area (Å²) >= 11 is 0. The van der Waals surface area contributed by atoms with E-state index >= 15 is 0 Å². The fraction of sp³-hybridized carbons (Fsp3) is 0.652. The third-order valence-electron chi connectivity index (χ3n) is 6.35. The predicted molar refractivity (Wildman–Crippen MR) is 113 cm³/mol. The molecule has 1 aromatic rings. The monoisotopic (exact) mass is 419 g/mol. The summed E-state index contributed by atoms with van der Waals surface area (Å²) in [5, 5.41) is 3.26. The normalized spacial score (nSPS) is 24.6. The zero-order valence-electron chi connectivity index (χ0n) is 18.3. The van der Waals surface area contributed by atoms with Crippen LogP contribution in [-0.2, 0) is 19.1 Å². The van der Waals surface area contributed by atoms with Crippen molar-refractivity contribution in [2.75, 3.05) is 52.5 Å². The summed E-state index contributed by atoms with van der Waals surface area (Å²) in [6, 6.07) is 10.7. The number of carbonyl (C=O) groups excluding carboxylic acids is 2. The van der Waals surface area contributed by atoms with Gasteiger partial charge in [-0.25, -0.2) is 0 Å². The molecule has 0 unspecified atom stereocenters. The quantitative estimate of drug-likeness (QED) is 0.473. The van der Waals surface area contributed by atoms with Crippen molar-refractivity contribution in [1.82, 2.24) is 5.32 Å². The number of carbonyl (C=O) groups is 2. The molecule has 7 nitrogen and oxygen atoms in total. The number of amides is 1. The zero-order chi connectivity index (χ0) is 21.3. The number of hydrogen-bond acceptors (Lipinski definition) is 4. The molecule has 0 saturated carbocycles. The van der Waals surface area contributed by atoms with E-state index in [1.807, 2.05) is 13.0 Å². The number of hydrogen-bond donors (Lipinski definition) is 3. The zero-order valence-corrected chi connectivity index (χ0v) is 18.3. The Labute approximate surface area is 179 Å². The first-order valence-electron chi connectivity index (χ1n) is 11.3. The van der Waals surface area contributed by atoms with Gasteiger partial charge in [0.05, 0.1) is 44.9 Å². The van der Waals surface area contributed by atoms with E-state index in [2.05, 4.69) is 36.5 Å². The van der Waals surface area contributed by atoms with Gasteiger partial charge in [0.15, 0.2) is 6.54 Å². The summed E-state index contributed by atoms with van der Waals surface area (Å²) in [7, 11) is 0. The van der Waals surface area contributed by atoms with Gasteiger partial charge in [-0.3, -0.25) is 9.59 Å². The molecule has 2 saturated heterocycles.